The molecule has 0 saturated heterocycles. The lowest BCUT2D eigenvalue weighted by Crippen LogP contribution is -2.16. The second kappa shape index (κ2) is 8.15. The highest BCUT2D eigenvalue weighted by Crippen LogP contribution is 2.30. The maximum atomic E-state index is 12.1. The van der Waals surface area contributed by atoms with Crippen LogP contribution in [0.4, 0.5) is 17.1 Å². The van der Waals surface area contributed by atoms with E-state index < -0.39 is 4.92 Å². The smallest absolute Gasteiger partial charge is 0.292 e. The Morgan fingerprint density at radius 1 is 1.31 bits per heavy atom. The Hall–Kier alpha value is -2.65. The van der Waals surface area contributed by atoms with Crippen molar-refractivity contribution in [3.63, 3.8) is 0 Å². The van der Waals surface area contributed by atoms with E-state index in [0.717, 1.165) is 14.6 Å². The average Bonchev–Trinajstić information content (AvgIpc) is 3.04. The summed E-state index contributed by atoms with van der Waals surface area (Å²) in [5, 5.41) is 16.8. The molecule has 0 fully saturated rings. The number of aromatic nitrogens is 1. The van der Waals surface area contributed by atoms with Crippen molar-refractivity contribution in [1.29, 1.82) is 0 Å². The summed E-state index contributed by atoms with van der Waals surface area (Å²) in [5.74, 6) is -0.162. The summed E-state index contributed by atoms with van der Waals surface area (Å²) in [6.07, 6.45) is 2.17. The minimum Gasteiger partial charge on any atom is -0.379 e. The summed E-state index contributed by atoms with van der Waals surface area (Å²) in [4.78, 5) is 27.1. The van der Waals surface area contributed by atoms with Gasteiger partial charge in [0.15, 0.2) is 4.34 Å². The molecule has 0 aliphatic rings. The van der Waals surface area contributed by atoms with Crippen molar-refractivity contribution in [1.82, 2.24) is 4.98 Å². The Morgan fingerprint density at radius 3 is 2.88 bits per heavy atom. The number of amides is 1. The van der Waals surface area contributed by atoms with Crippen molar-refractivity contribution in [3.8, 4) is 0 Å². The monoisotopic (exact) mass is 388 g/mol. The van der Waals surface area contributed by atoms with E-state index in [-0.39, 0.29) is 18.0 Å². The topological polar surface area (TPSA) is 97.2 Å². The van der Waals surface area contributed by atoms with E-state index in [1.165, 1.54) is 6.07 Å². The van der Waals surface area contributed by atoms with Gasteiger partial charge in [0.2, 0.25) is 5.91 Å². The molecule has 2 aromatic carbocycles. The number of carbonyl (C=O) groups excluding carboxylic acids is 1. The summed E-state index contributed by atoms with van der Waals surface area (Å²) in [5.41, 5.74) is 2.02. The maximum Gasteiger partial charge on any atom is 0.292 e. The van der Waals surface area contributed by atoms with Gasteiger partial charge < -0.3 is 10.6 Å². The zero-order valence-electron chi connectivity index (χ0n) is 13.9. The lowest BCUT2D eigenvalue weighted by Gasteiger charge is -2.08. The Balaban J connectivity index is 1.57. The molecule has 0 unspecified atom stereocenters. The minimum atomic E-state index is -0.449. The van der Waals surface area contributed by atoms with Crippen LogP contribution < -0.4 is 10.6 Å². The fourth-order valence-corrected chi connectivity index (χ4v) is 3.91. The van der Waals surface area contributed by atoms with E-state index in [4.69, 9.17) is 0 Å². The first kappa shape index (κ1) is 18.2. The number of fused-ring (bicyclic) bond motifs is 1. The number of nitrogens with zero attached hydrogens (tertiary/aromatic N) is 2. The molecule has 134 valence electrons. The molecule has 0 atom stereocenters. The normalized spacial score (nSPS) is 10.7. The summed E-state index contributed by atoms with van der Waals surface area (Å²) in [6.45, 7) is 0.302. The Labute approximate surface area is 158 Å². The molecule has 0 aliphatic heterocycles. The van der Waals surface area contributed by atoms with Gasteiger partial charge in [0.25, 0.3) is 5.69 Å². The van der Waals surface area contributed by atoms with Gasteiger partial charge in [-0.3, -0.25) is 14.9 Å². The van der Waals surface area contributed by atoms with Crippen molar-refractivity contribution in [2.24, 2.45) is 0 Å². The molecule has 1 heterocycles. The predicted molar refractivity (Wildman–Crippen MR) is 106 cm³/mol. The third-order valence-corrected chi connectivity index (χ3v) is 5.60. The summed E-state index contributed by atoms with van der Waals surface area (Å²) < 4.78 is 2.00. The van der Waals surface area contributed by atoms with Crippen LogP contribution in [0.1, 0.15) is 6.42 Å². The number of anilines is 2. The highest BCUT2D eigenvalue weighted by atomic mass is 32.2. The largest absolute Gasteiger partial charge is 0.379 e. The molecular formula is C17H16N4O3S2. The SMILES string of the molecule is CSc1nc2ccc(NC(=O)CCNc3ccccc3[N+](=O)[O-])cc2s1. The molecule has 0 saturated carbocycles. The van der Waals surface area contributed by atoms with Crippen molar-refractivity contribution in [3.05, 3.63) is 52.6 Å². The molecular weight excluding hydrogens is 372 g/mol. The number of thioether (sulfide) groups is 1. The molecule has 3 aromatic rings. The molecule has 0 radical (unpaired) electrons. The molecule has 7 nitrogen and oxygen atoms in total. The van der Waals surface area contributed by atoms with Crippen LogP contribution in [0.2, 0.25) is 0 Å². The number of nitrogens with one attached hydrogen (secondary N) is 2. The second-order valence-electron chi connectivity index (χ2n) is 5.37. The van der Waals surface area contributed by atoms with E-state index in [9.17, 15) is 14.9 Å². The standard InChI is InChI=1S/C17H16N4O3S2/c1-25-17-20-13-7-6-11(10-15(13)26-17)19-16(22)8-9-18-12-4-2-3-5-14(12)21(23)24/h2-7,10,18H,8-9H2,1H3,(H,19,22). The number of rotatable bonds is 7. The van der Waals surface area contributed by atoms with Crippen molar-refractivity contribution < 1.29 is 9.72 Å². The van der Waals surface area contributed by atoms with Gasteiger partial charge in [0.05, 0.1) is 15.1 Å². The van der Waals surface area contributed by atoms with Crippen molar-refractivity contribution in [2.75, 3.05) is 23.4 Å². The first-order valence-corrected chi connectivity index (χ1v) is 9.82. The van der Waals surface area contributed by atoms with E-state index in [2.05, 4.69) is 15.6 Å². The number of nitro groups is 1. The molecule has 9 heteroatoms. The first-order chi connectivity index (χ1) is 12.6. The molecule has 3 rings (SSSR count). The van der Waals surface area contributed by atoms with Gasteiger partial charge >= 0.3 is 0 Å². The van der Waals surface area contributed by atoms with E-state index in [1.807, 2.05) is 24.5 Å². The van der Waals surface area contributed by atoms with Gasteiger partial charge in [0, 0.05) is 24.7 Å². The number of carbonyl (C=O) groups is 1. The lowest BCUT2D eigenvalue weighted by atomic mass is 10.2. The molecule has 1 amide bonds. The number of nitro benzene ring substituents is 1. The molecule has 1 aromatic heterocycles. The molecule has 26 heavy (non-hydrogen) atoms. The number of benzene rings is 2. The number of para-hydroxylation sites is 2. The summed E-state index contributed by atoms with van der Waals surface area (Å²) in [7, 11) is 0. The number of hydrogen-bond donors (Lipinski definition) is 2. The van der Waals surface area contributed by atoms with Crippen LogP contribution in [0.3, 0.4) is 0 Å². The third kappa shape index (κ3) is 4.30. The van der Waals surface area contributed by atoms with Crippen LogP contribution in [0.25, 0.3) is 10.2 Å². The van der Waals surface area contributed by atoms with E-state index >= 15 is 0 Å². The van der Waals surface area contributed by atoms with Gasteiger partial charge in [-0.05, 0) is 30.5 Å². The fraction of sp³-hybridized carbons (Fsp3) is 0.176. The fourth-order valence-electron chi connectivity index (χ4n) is 2.39. The van der Waals surface area contributed by atoms with Crippen LogP contribution in [0, 0.1) is 10.1 Å². The first-order valence-electron chi connectivity index (χ1n) is 7.78. The van der Waals surface area contributed by atoms with Gasteiger partial charge in [-0.1, -0.05) is 23.9 Å². The lowest BCUT2D eigenvalue weighted by molar-refractivity contribution is -0.384. The molecule has 2 N–H and O–H groups in total. The third-order valence-electron chi connectivity index (χ3n) is 3.60. The van der Waals surface area contributed by atoms with Crippen LogP contribution in [-0.2, 0) is 4.79 Å². The molecule has 0 spiro atoms. The summed E-state index contributed by atoms with van der Waals surface area (Å²) >= 11 is 3.17. The highest BCUT2D eigenvalue weighted by Gasteiger charge is 2.12. The maximum absolute atomic E-state index is 12.1. The van der Waals surface area contributed by atoms with E-state index in [1.54, 1.807) is 41.3 Å². The van der Waals surface area contributed by atoms with Gasteiger partial charge in [-0.15, -0.1) is 11.3 Å². The average molecular weight is 388 g/mol. The van der Waals surface area contributed by atoms with Crippen molar-refractivity contribution >= 4 is 56.3 Å². The Morgan fingerprint density at radius 2 is 2.12 bits per heavy atom. The van der Waals surface area contributed by atoms with Crippen molar-refractivity contribution in [2.45, 2.75) is 10.8 Å². The van der Waals surface area contributed by atoms with E-state index in [0.29, 0.717) is 17.9 Å². The number of thiazole rings is 1. The van der Waals surface area contributed by atoms with Crippen LogP contribution >= 0.6 is 23.1 Å². The zero-order valence-corrected chi connectivity index (χ0v) is 15.5. The predicted octanol–water partition coefficient (Wildman–Crippen LogP) is 4.37. The zero-order chi connectivity index (χ0) is 18.5. The van der Waals surface area contributed by atoms with Gasteiger partial charge in [-0.2, -0.15) is 0 Å². The van der Waals surface area contributed by atoms with Crippen LogP contribution in [0.5, 0.6) is 0 Å². The highest BCUT2D eigenvalue weighted by molar-refractivity contribution is 8.00. The summed E-state index contributed by atoms with van der Waals surface area (Å²) in [6, 6.07) is 12.0. The molecule has 0 bridgehead atoms. The van der Waals surface area contributed by atoms with Crippen LogP contribution in [-0.4, -0.2) is 28.6 Å². The second-order valence-corrected chi connectivity index (χ2v) is 7.45. The van der Waals surface area contributed by atoms with Gasteiger partial charge in [-0.25, -0.2) is 4.98 Å². The Bertz CT molecular complexity index is 958. The number of hydrogen-bond acceptors (Lipinski definition) is 7. The Kier molecular flexibility index (Phi) is 5.69. The quantitative estimate of drug-likeness (QED) is 0.354. The van der Waals surface area contributed by atoms with Crippen LogP contribution in [0.15, 0.2) is 46.8 Å². The minimum absolute atomic E-state index is 0.00634. The molecule has 0 aliphatic carbocycles. The van der Waals surface area contributed by atoms with Gasteiger partial charge in [0.1, 0.15) is 5.69 Å².